The van der Waals surface area contributed by atoms with Gasteiger partial charge in [-0.1, -0.05) is 12.8 Å². The molecule has 0 spiro atoms. The number of aromatic nitrogens is 3. The minimum atomic E-state index is 0.645. The number of hydrogen-bond donors (Lipinski definition) is 0. The molecule has 0 N–H and O–H groups in total. The monoisotopic (exact) mass is 345 g/mol. The van der Waals surface area contributed by atoms with E-state index in [1.54, 1.807) is 11.3 Å². The van der Waals surface area contributed by atoms with E-state index in [1.165, 1.54) is 42.9 Å². The van der Waals surface area contributed by atoms with Crippen molar-refractivity contribution >= 4 is 16.5 Å². The number of hydrogen-bond acceptors (Lipinski definition) is 5. The van der Waals surface area contributed by atoms with Crippen molar-refractivity contribution in [2.75, 3.05) is 31.1 Å². The van der Waals surface area contributed by atoms with Crippen molar-refractivity contribution in [2.24, 2.45) is 0 Å². The summed E-state index contributed by atoms with van der Waals surface area (Å²) in [5.41, 5.74) is 2.36. The lowest BCUT2D eigenvalue weighted by atomic mass is 10.3. The Labute approximate surface area is 148 Å². The van der Waals surface area contributed by atoms with E-state index in [4.69, 9.17) is 5.10 Å². The predicted molar refractivity (Wildman–Crippen MR) is 98.7 cm³/mol. The molecule has 1 saturated carbocycles. The highest BCUT2D eigenvalue weighted by molar-refractivity contribution is 7.13. The lowest BCUT2D eigenvalue weighted by molar-refractivity contribution is 0.280. The fourth-order valence-corrected chi connectivity index (χ4v) is 4.73. The first-order chi connectivity index (χ1) is 11.8. The largest absolute Gasteiger partial charge is 0.347 e. The molecule has 1 aliphatic heterocycles. The molecule has 3 heterocycles. The average Bonchev–Trinajstić information content (AvgIpc) is 3.29. The van der Waals surface area contributed by atoms with Crippen LogP contribution in [0.4, 0.5) is 5.13 Å². The lowest BCUT2D eigenvalue weighted by Crippen LogP contribution is -2.30. The topological polar surface area (TPSA) is 37.2 Å². The average molecular weight is 346 g/mol. The fourth-order valence-electron chi connectivity index (χ4n) is 3.87. The van der Waals surface area contributed by atoms with Gasteiger partial charge in [-0.2, -0.15) is 5.10 Å². The molecule has 0 atom stereocenters. The van der Waals surface area contributed by atoms with E-state index in [-0.39, 0.29) is 0 Å². The molecular formula is C18H27N5S. The summed E-state index contributed by atoms with van der Waals surface area (Å²) in [6, 6.07) is 2.86. The molecule has 5 nitrogen and oxygen atoms in total. The normalized spacial score (nSPS) is 20.6. The molecule has 2 aromatic heterocycles. The van der Waals surface area contributed by atoms with Gasteiger partial charge in [0.1, 0.15) is 0 Å². The molecule has 0 amide bonds. The number of anilines is 1. The highest BCUT2D eigenvalue weighted by Crippen LogP contribution is 2.29. The first-order valence-corrected chi connectivity index (χ1v) is 10.1. The Hall–Kier alpha value is -1.40. The van der Waals surface area contributed by atoms with Crippen molar-refractivity contribution in [3.05, 3.63) is 29.0 Å². The van der Waals surface area contributed by atoms with Crippen LogP contribution in [-0.2, 0) is 6.54 Å². The SMILES string of the molecule is Cc1csc(N2CCCN(Cc3ccn(C4CCCC4)n3)CC2)n1. The van der Waals surface area contributed by atoms with Gasteiger partial charge in [0.25, 0.3) is 0 Å². The Morgan fingerprint density at radius 1 is 1.12 bits per heavy atom. The number of aryl methyl sites for hydroxylation is 1. The molecule has 0 unspecified atom stereocenters. The zero-order valence-corrected chi connectivity index (χ0v) is 15.3. The highest BCUT2D eigenvalue weighted by Gasteiger charge is 2.20. The van der Waals surface area contributed by atoms with Gasteiger partial charge in [0.05, 0.1) is 17.4 Å². The number of nitrogens with zero attached hydrogens (tertiary/aromatic N) is 5. The number of rotatable bonds is 4. The van der Waals surface area contributed by atoms with Crippen LogP contribution in [0.3, 0.4) is 0 Å². The summed E-state index contributed by atoms with van der Waals surface area (Å²) in [6.45, 7) is 7.47. The molecule has 2 aromatic rings. The third-order valence-electron chi connectivity index (χ3n) is 5.21. The highest BCUT2D eigenvalue weighted by atomic mass is 32.1. The molecule has 1 aliphatic carbocycles. The van der Waals surface area contributed by atoms with Crippen molar-refractivity contribution in [3.8, 4) is 0 Å². The second-order valence-electron chi connectivity index (χ2n) is 7.11. The van der Waals surface area contributed by atoms with Crippen molar-refractivity contribution in [1.29, 1.82) is 0 Å². The maximum absolute atomic E-state index is 4.85. The van der Waals surface area contributed by atoms with Crippen molar-refractivity contribution in [1.82, 2.24) is 19.7 Å². The second kappa shape index (κ2) is 7.23. The van der Waals surface area contributed by atoms with Crippen LogP contribution >= 0.6 is 11.3 Å². The van der Waals surface area contributed by atoms with Crippen LogP contribution in [0.25, 0.3) is 0 Å². The van der Waals surface area contributed by atoms with Gasteiger partial charge >= 0.3 is 0 Å². The van der Waals surface area contributed by atoms with Crippen LogP contribution in [0, 0.1) is 6.92 Å². The Balaban J connectivity index is 1.34. The molecule has 2 fully saturated rings. The maximum atomic E-state index is 4.85. The Morgan fingerprint density at radius 2 is 2.00 bits per heavy atom. The van der Waals surface area contributed by atoms with Crippen LogP contribution in [0.15, 0.2) is 17.6 Å². The molecule has 130 valence electrons. The third-order valence-corrected chi connectivity index (χ3v) is 6.23. The van der Waals surface area contributed by atoms with Crippen LogP contribution in [0.1, 0.15) is 49.5 Å². The van der Waals surface area contributed by atoms with E-state index in [9.17, 15) is 0 Å². The predicted octanol–water partition coefficient (Wildman–Crippen LogP) is 3.48. The molecular weight excluding hydrogens is 318 g/mol. The van der Waals surface area contributed by atoms with Gasteiger partial charge in [-0.05, 0) is 32.3 Å². The molecule has 4 rings (SSSR count). The summed E-state index contributed by atoms with van der Waals surface area (Å²) in [5, 5.41) is 8.18. The van der Waals surface area contributed by atoms with Gasteiger partial charge in [0.15, 0.2) is 5.13 Å². The summed E-state index contributed by atoms with van der Waals surface area (Å²) in [7, 11) is 0. The first-order valence-electron chi connectivity index (χ1n) is 9.21. The standard InChI is InChI=1S/C18H27N5S/c1-15-14-24-18(19-15)22-9-4-8-21(11-12-22)13-16-7-10-23(20-16)17-5-2-3-6-17/h7,10,14,17H,2-6,8-9,11-13H2,1H3. The van der Waals surface area contributed by atoms with E-state index in [0.717, 1.165) is 38.4 Å². The van der Waals surface area contributed by atoms with Crippen LogP contribution in [0.5, 0.6) is 0 Å². The van der Waals surface area contributed by atoms with E-state index >= 15 is 0 Å². The van der Waals surface area contributed by atoms with Crippen molar-refractivity contribution < 1.29 is 0 Å². The molecule has 2 aliphatic rings. The molecule has 24 heavy (non-hydrogen) atoms. The summed E-state index contributed by atoms with van der Waals surface area (Å²) in [6.07, 6.45) is 8.70. The Kier molecular flexibility index (Phi) is 4.85. The van der Waals surface area contributed by atoms with Gasteiger partial charge < -0.3 is 4.90 Å². The molecule has 0 aromatic carbocycles. The van der Waals surface area contributed by atoms with Gasteiger partial charge in [-0.3, -0.25) is 9.58 Å². The number of thiazole rings is 1. The minimum Gasteiger partial charge on any atom is -0.347 e. The smallest absolute Gasteiger partial charge is 0.185 e. The quantitative estimate of drug-likeness (QED) is 0.850. The maximum Gasteiger partial charge on any atom is 0.185 e. The Bertz CT molecular complexity index is 658. The van der Waals surface area contributed by atoms with Gasteiger partial charge in [-0.15, -0.1) is 11.3 Å². The van der Waals surface area contributed by atoms with Gasteiger partial charge in [0.2, 0.25) is 0 Å². The summed E-state index contributed by atoms with van der Waals surface area (Å²) in [4.78, 5) is 9.63. The first kappa shape index (κ1) is 16.1. The molecule has 1 saturated heterocycles. The van der Waals surface area contributed by atoms with E-state index < -0.39 is 0 Å². The fraction of sp³-hybridized carbons (Fsp3) is 0.667. The molecule has 0 bridgehead atoms. The minimum absolute atomic E-state index is 0.645. The summed E-state index contributed by atoms with van der Waals surface area (Å²) in [5.74, 6) is 0. The van der Waals surface area contributed by atoms with Crippen molar-refractivity contribution in [3.63, 3.8) is 0 Å². The van der Waals surface area contributed by atoms with Gasteiger partial charge in [-0.25, -0.2) is 4.98 Å². The van der Waals surface area contributed by atoms with E-state index in [1.807, 2.05) is 0 Å². The van der Waals surface area contributed by atoms with E-state index in [2.05, 4.69) is 44.0 Å². The summed E-state index contributed by atoms with van der Waals surface area (Å²) < 4.78 is 2.21. The summed E-state index contributed by atoms with van der Waals surface area (Å²) >= 11 is 1.77. The van der Waals surface area contributed by atoms with Crippen molar-refractivity contribution in [2.45, 2.75) is 51.6 Å². The van der Waals surface area contributed by atoms with Crippen LogP contribution in [-0.4, -0.2) is 45.8 Å². The molecule has 0 radical (unpaired) electrons. The zero-order chi connectivity index (χ0) is 16.4. The van der Waals surface area contributed by atoms with E-state index in [0.29, 0.717) is 6.04 Å². The lowest BCUT2D eigenvalue weighted by Gasteiger charge is -2.20. The molecule has 6 heteroatoms. The third kappa shape index (κ3) is 3.64. The second-order valence-corrected chi connectivity index (χ2v) is 7.95. The zero-order valence-electron chi connectivity index (χ0n) is 14.5. The van der Waals surface area contributed by atoms with Crippen LogP contribution in [0.2, 0.25) is 0 Å². The van der Waals surface area contributed by atoms with Gasteiger partial charge in [0, 0.05) is 44.3 Å². The van der Waals surface area contributed by atoms with Crippen LogP contribution < -0.4 is 4.90 Å². The Morgan fingerprint density at radius 3 is 2.79 bits per heavy atom.